The molecule has 1 aromatic heterocycles. The van der Waals surface area contributed by atoms with E-state index >= 15 is 0 Å². The number of hydrazone groups is 1. The maximum Gasteiger partial charge on any atom is 0.253 e. The Bertz CT molecular complexity index is 1640. The first-order valence-electron chi connectivity index (χ1n) is 14.0. The fourth-order valence-electron chi connectivity index (χ4n) is 4.95. The van der Waals surface area contributed by atoms with Gasteiger partial charge in [-0.05, 0) is 41.5 Å². The maximum absolute atomic E-state index is 13.7. The molecule has 3 aromatic carbocycles. The molecule has 0 saturated carbocycles. The van der Waals surface area contributed by atoms with Gasteiger partial charge in [0.15, 0.2) is 22.5 Å². The summed E-state index contributed by atoms with van der Waals surface area (Å²) in [5.41, 5.74) is 3.40. The molecule has 228 valence electrons. The van der Waals surface area contributed by atoms with Crippen molar-refractivity contribution >= 4 is 29.3 Å². The maximum atomic E-state index is 13.7. The van der Waals surface area contributed by atoms with Gasteiger partial charge in [-0.2, -0.15) is 5.10 Å². The van der Waals surface area contributed by atoms with Crippen molar-refractivity contribution in [1.29, 1.82) is 0 Å². The van der Waals surface area contributed by atoms with Crippen molar-refractivity contribution < 1.29 is 23.8 Å². The van der Waals surface area contributed by atoms with E-state index in [9.17, 15) is 9.59 Å². The summed E-state index contributed by atoms with van der Waals surface area (Å²) in [7, 11) is 6.59. The lowest BCUT2D eigenvalue weighted by atomic mass is 9.97. The normalized spacial score (nSPS) is 14.2. The van der Waals surface area contributed by atoms with E-state index in [2.05, 4.69) is 15.5 Å². The highest BCUT2D eigenvalue weighted by Crippen LogP contribution is 2.42. The number of benzene rings is 3. The van der Waals surface area contributed by atoms with E-state index < -0.39 is 6.04 Å². The van der Waals surface area contributed by atoms with Gasteiger partial charge in [0.05, 0.1) is 51.8 Å². The van der Waals surface area contributed by atoms with E-state index in [4.69, 9.17) is 19.3 Å². The van der Waals surface area contributed by atoms with Crippen LogP contribution >= 0.6 is 11.8 Å². The van der Waals surface area contributed by atoms with Crippen molar-refractivity contribution in [2.45, 2.75) is 30.6 Å². The van der Waals surface area contributed by atoms with Gasteiger partial charge < -0.3 is 24.1 Å². The summed E-state index contributed by atoms with van der Waals surface area (Å²) < 4.78 is 18.3. The Morgan fingerprint density at radius 1 is 0.932 bits per heavy atom. The number of para-hydroxylation sites is 1. The number of thioether (sulfide) groups is 1. The summed E-state index contributed by atoms with van der Waals surface area (Å²) >= 11 is 1.26. The number of methoxy groups -OCH3 is 3. The minimum Gasteiger partial charge on any atom is -0.497 e. The number of hydrogen-bond donors (Lipinski definition) is 1. The van der Waals surface area contributed by atoms with E-state index in [-0.39, 0.29) is 30.5 Å². The molecule has 0 unspecified atom stereocenters. The van der Waals surface area contributed by atoms with E-state index in [1.165, 1.54) is 16.8 Å². The molecule has 2 amide bonds. The highest BCUT2D eigenvalue weighted by atomic mass is 32.2. The van der Waals surface area contributed by atoms with Crippen molar-refractivity contribution in [3.63, 3.8) is 0 Å². The van der Waals surface area contributed by atoms with Gasteiger partial charge in [0.25, 0.3) is 5.91 Å². The minimum atomic E-state index is -0.403. The van der Waals surface area contributed by atoms with Gasteiger partial charge >= 0.3 is 0 Å². The Kier molecular flexibility index (Phi) is 9.80. The number of carbonyl (C=O) groups excluding carboxylic acids is 2. The summed E-state index contributed by atoms with van der Waals surface area (Å²) in [6.07, 6.45) is 0.770. The molecule has 11 nitrogen and oxygen atoms in total. The summed E-state index contributed by atoms with van der Waals surface area (Å²) in [5, 5.41) is 18.2. The lowest BCUT2D eigenvalue weighted by Gasteiger charge is -2.24. The molecule has 2 heterocycles. The third-order valence-electron chi connectivity index (χ3n) is 7.28. The van der Waals surface area contributed by atoms with Crippen molar-refractivity contribution in [1.82, 2.24) is 25.1 Å². The molecule has 1 atom stereocenters. The minimum absolute atomic E-state index is 0.0779. The van der Waals surface area contributed by atoms with Crippen LogP contribution in [0.5, 0.6) is 17.2 Å². The third-order valence-corrected chi connectivity index (χ3v) is 8.29. The summed E-state index contributed by atoms with van der Waals surface area (Å²) in [5.74, 6) is 2.23. The van der Waals surface area contributed by atoms with Gasteiger partial charge in [-0.1, -0.05) is 54.2 Å². The number of carbonyl (C=O) groups is 2. The first-order chi connectivity index (χ1) is 21.4. The Morgan fingerprint density at radius 2 is 1.70 bits per heavy atom. The predicted octanol–water partition coefficient (Wildman–Crippen LogP) is 4.17. The number of nitrogens with zero attached hydrogens (tertiary/aromatic N) is 5. The molecule has 5 rings (SSSR count). The summed E-state index contributed by atoms with van der Waals surface area (Å²) in [6.45, 7) is 0.225. The van der Waals surface area contributed by atoms with Crippen LogP contribution in [0.3, 0.4) is 0 Å². The van der Waals surface area contributed by atoms with Gasteiger partial charge in [-0.15, -0.1) is 10.2 Å². The first kappa shape index (κ1) is 30.6. The van der Waals surface area contributed by atoms with Crippen LogP contribution in [0, 0.1) is 0 Å². The molecule has 0 spiro atoms. The lowest BCUT2D eigenvalue weighted by molar-refractivity contribution is -0.130. The molecule has 4 aromatic rings. The van der Waals surface area contributed by atoms with E-state index in [1.807, 2.05) is 79.8 Å². The second kappa shape index (κ2) is 14.1. The molecule has 0 aliphatic carbocycles. The molecular formula is C32H34N6O5S. The average Bonchev–Trinajstić information content (AvgIpc) is 3.66. The number of hydrogen-bond acceptors (Lipinski definition) is 9. The largest absolute Gasteiger partial charge is 0.497 e. The van der Waals surface area contributed by atoms with Crippen LogP contribution in [0.4, 0.5) is 0 Å². The Morgan fingerprint density at radius 3 is 2.41 bits per heavy atom. The fourth-order valence-corrected chi connectivity index (χ4v) is 5.74. The van der Waals surface area contributed by atoms with Crippen molar-refractivity contribution in [3.8, 4) is 17.2 Å². The third kappa shape index (κ3) is 6.86. The smallest absolute Gasteiger partial charge is 0.253 e. The summed E-state index contributed by atoms with van der Waals surface area (Å²) in [6, 6.07) is 22.4. The molecule has 1 aliphatic rings. The van der Waals surface area contributed by atoms with Crippen LogP contribution in [0.2, 0.25) is 0 Å². The highest BCUT2D eigenvalue weighted by molar-refractivity contribution is 7.99. The Labute approximate surface area is 260 Å². The molecular weight excluding hydrogens is 580 g/mol. The molecule has 1 aliphatic heterocycles. The zero-order valence-corrected chi connectivity index (χ0v) is 25.8. The van der Waals surface area contributed by atoms with Crippen molar-refractivity contribution in [2.75, 3.05) is 27.1 Å². The van der Waals surface area contributed by atoms with E-state index in [0.717, 1.165) is 28.2 Å². The predicted molar refractivity (Wildman–Crippen MR) is 167 cm³/mol. The number of ether oxygens (including phenoxy) is 3. The molecule has 0 fully saturated rings. The topological polar surface area (TPSA) is 120 Å². The van der Waals surface area contributed by atoms with Gasteiger partial charge in [-0.25, -0.2) is 5.01 Å². The second-order valence-corrected chi connectivity index (χ2v) is 10.9. The van der Waals surface area contributed by atoms with Gasteiger partial charge in [0.1, 0.15) is 5.75 Å². The lowest BCUT2D eigenvalue weighted by Crippen LogP contribution is -2.29. The standard InChI is InChI=1S/C32H34N6O5S/c1-37-28(19-33-29(39)17-21-9-6-5-7-10-21)34-35-32(37)44-20-30(40)38-26(24-11-8-12-27(42-3)31(24)43-4)18-25(36-38)22-13-15-23(41-2)16-14-22/h5-16,26H,17-20H2,1-4H3,(H,33,39)/t26-/m1/s1. The van der Waals surface area contributed by atoms with Crippen molar-refractivity contribution in [2.24, 2.45) is 12.1 Å². The molecule has 0 saturated heterocycles. The quantitative estimate of drug-likeness (QED) is 0.236. The first-order valence-corrected chi connectivity index (χ1v) is 15.0. The molecule has 1 N–H and O–H groups in total. The van der Waals surface area contributed by atoms with Crippen LogP contribution in [0.15, 0.2) is 83.1 Å². The Hall–Kier alpha value is -4.84. The van der Waals surface area contributed by atoms with Crippen molar-refractivity contribution in [3.05, 3.63) is 95.3 Å². The molecule has 12 heteroatoms. The van der Waals surface area contributed by atoms with Gasteiger partial charge in [0, 0.05) is 19.0 Å². The number of aromatic nitrogens is 3. The molecule has 0 radical (unpaired) electrons. The number of nitrogens with one attached hydrogen (secondary N) is 1. The zero-order chi connectivity index (χ0) is 31.1. The average molecular weight is 615 g/mol. The zero-order valence-electron chi connectivity index (χ0n) is 25.0. The number of amides is 2. The van der Waals surface area contributed by atoms with Crippen LogP contribution in [-0.2, 0) is 29.6 Å². The molecule has 44 heavy (non-hydrogen) atoms. The molecule has 0 bridgehead atoms. The van der Waals surface area contributed by atoms with Gasteiger partial charge in [-0.3, -0.25) is 9.59 Å². The highest BCUT2D eigenvalue weighted by Gasteiger charge is 2.35. The van der Waals surface area contributed by atoms with Gasteiger partial charge in [0.2, 0.25) is 5.91 Å². The monoisotopic (exact) mass is 614 g/mol. The van der Waals surface area contributed by atoms with Crippen LogP contribution < -0.4 is 19.5 Å². The van der Waals surface area contributed by atoms with E-state index in [1.54, 1.807) is 25.9 Å². The van der Waals surface area contributed by atoms with Crippen LogP contribution in [0.25, 0.3) is 0 Å². The van der Waals surface area contributed by atoms with Crippen LogP contribution in [-0.4, -0.2) is 64.4 Å². The SMILES string of the molecule is COc1ccc(C2=NN(C(=O)CSc3nnc(CNC(=O)Cc4ccccc4)n3C)[C@@H](c3cccc(OC)c3OC)C2)cc1. The summed E-state index contributed by atoms with van der Waals surface area (Å²) in [4.78, 5) is 26.1. The second-order valence-electron chi connectivity index (χ2n) is 10.0. The number of rotatable bonds is 12. The van der Waals surface area contributed by atoms with Crippen LogP contribution in [0.1, 0.15) is 35.0 Å². The fraction of sp³-hybridized carbons (Fsp3) is 0.281. The Balaban J connectivity index is 1.30. The van der Waals surface area contributed by atoms with E-state index in [0.29, 0.717) is 28.9 Å².